The summed E-state index contributed by atoms with van der Waals surface area (Å²) < 4.78 is 0. The maximum Gasteiger partial charge on any atom is 0.275 e. The van der Waals surface area contributed by atoms with Crippen LogP contribution >= 0.6 is 0 Å². The Morgan fingerprint density at radius 3 is 2.48 bits per heavy atom. The fourth-order valence-electron chi connectivity index (χ4n) is 3.56. The number of amides is 2. The fraction of sp³-hybridized carbons (Fsp3) is 0.333. The smallest absolute Gasteiger partial charge is 0.275 e. The molecule has 4 rings (SSSR count). The number of aromatic nitrogens is 3. The monoisotopic (exact) mass is 392 g/mol. The van der Waals surface area contributed by atoms with Crippen molar-refractivity contribution in [3.05, 3.63) is 53.6 Å². The number of aromatic amines is 1. The molecular weight excluding hydrogens is 368 g/mol. The molecule has 3 aromatic rings. The molecule has 8 heteroatoms. The van der Waals surface area contributed by atoms with Crippen molar-refractivity contribution in [2.75, 3.05) is 38.0 Å². The van der Waals surface area contributed by atoms with Gasteiger partial charge in [0.25, 0.3) is 11.8 Å². The van der Waals surface area contributed by atoms with Crippen LogP contribution in [0.4, 0.5) is 5.69 Å². The van der Waals surface area contributed by atoms with Gasteiger partial charge >= 0.3 is 0 Å². The summed E-state index contributed by atoms with van der Waals surface area (Å²) in [4.78, 5) is 41.2. The van der Waals surface area contributed by atoms with Crippen molar-refractivity contribution in [3.63, 3.8) is 0 Å². The van der Waals surface area contributed by atoms with Crippen molar-refractivity contribution >= 4 is 28.5 Å². The minimum absolute atomic E-state index is 0.0269. The van der Waals surface area contributed by atoms with Gasteiger partial charge in [-0.3, -0.25) is 9.59 Å². The Kier molecular flexibility index (Phi) is 5.26. The van der Waals surface area contributed by atoms with E-state index in [-0.39, 0.29) is 11.8 Å². The van der Waals surface area contributed by atoms with Crippen LogP contribution in [0.3, 0.4) is 0 Å². The zero-order valence-electron chi connectivity index (χ0n) is 16.6. The Hall–Kier alpha value is -3.26. The minimum Gasteiger partial charge on any atom is -0.346 e. The number of carbonyl (C=O) groups is 2. The average molecular weight is 392 g/mol. The first-order valence-corrected chi connectivity index (χ1v) is 9.80. The maximum atomic E-state index is 12.7. The first kappa shape index (κ1) is 19.1. The van der Waals surface area contributed by atoms with Gasteiger partial charge in [0.2, 0.25) is 0 Å². The van der Waals surface area contributed by atoms with E-state index < -0.39 is 0 Å². The Balaban J connectivity index is 1.45. The Labute approximate surface area is 168 Å². The highest BCUT2D eigenvalue weighted by atomic mass is 16.2. The maximum absolute atomic E-state index is 12.7. The third kappa shape index (κ3) is 3.97. The number of likely N-dealkylation sites (N-methyl/N-ethyl adjacent to an activating group) is 1. The summed E-state index contributed by atoms with van der Waals surface area (Å²) in [5, 5.41) is 3.52. The molecule has 0 bridgehead atoms. The molecule has 150 valence electrons. The van der Waals surface area contributed by atoms with E-state index in [2.05, 4.69) is 32.1 Å². The summed E-state index contributed by atoms with van der Waals surface area (Å²) in [6.45, 7) is 8.18. The lowest BCUT2D eigenvalue weighted by Gasteiger charge is -2.34. The number of piperazine rings is 1. The lowest BCUT2D eigenvalue weighted by atomic mass is 10.1. The number of H-pyrrole nitrogens is 1. The fourth-order valence-corrected chi connectivity index (χ4v) is 3.56. The number of carbonyl (C=O) groups excluding carboxylic acids is 2. The first-order chi connectivity index (χ1) is 14.0. The molecule has 0 spiro atoms. The second kappa shape index (κ2) is 8.00. The van der Waals surface area contributed by atoms with Gasteiger partial charge in [0.1, 0.15) is 17.2 Å². The topological polar surface area (TPSA) is 94.2 Å². The number of anilines is 1. The number of aryl methyl sites for hydroxylation is 1. The molecule has 0 aliphatic carbocycles. The molecule has 1 aliphatic heterocycles. The van der Waals surface area contributed by atoms with Crippen molar-refractivity contribution in [1.29, 1.82) is 0 Å². The molecule has 29 heavy (non-hydrogen) atoms. The van der Waals surface area contributed by atoms with E-state index in [0.29, 0.717) is 33.8 Å². The molecule has 3 heterocycles. The van der Waals surface area contributed by atoms with Crippen LogP contribution in [0.5, 0.6) is 0 Å². The number of nitrogens with one attached hydrogen (secondary N) is 2. The highest BCUT2D eigenvalue weighted by molar-refractivity contribution is 6.10. The zero-order valence-corrected chi connectivity index (χ0v) is 16.6. The number of rotatable bonds is 4. The molecule has 1 fully saturated rings. The third-order valence-electron chi connectivity index (χ3n) is 5.24. The highest BCUT2D eigenvalue weighted by Crippen LogP contribution is 2.18. The van der Waals surface area contributed by atoms with Gasteiger partial charge in [-0.1, -0.05) is 6.92 Å². The highest BCUT2D eigenvalue weighted by Gasteiger charge is 2.21. The van der Waals surface area contributed by atoms with E-state index in [1.165, 1.54) is 0 Å². The standard InChI is InChI=1S/C21H24N6O2/c1-3-26-10-12-27(13-11-26)21(29)15-4-6-16(7-5-15)25-20(28)18-17-8-9-22-19(17)24-14(2)23-18/h4-9H,3,10-13H2,1-2H3,(H,25,28)(H,22,23,24). The van der Waals surface area contributed by atoms with Gasteiger partial charge in [-0.05, 0) is 43.8 Å². The van der Waals surface area contributed by atoms with Gasteiger partial charge < -0.3 is 20.1 Å². The van der Waals surface area contributed by atoms with Crippen LogP contribution < -0.4 is 5.32 Å². The first-order valence-electron chi connectivity index (χ1n) is 9.80. The Morgan fingerprint density at radius 2 is 1.79 bits per heavy atom. The summed E-state index contributed by atoms with van der Waals surface area (Å²) in [7, 11) is 0. The molecule has 0 saturated carbocycles. The molecule has 1 aromatic carbocycles. The van der Waals surface area contributed by atoms with Crippen LogP contribution in [0.2, 0.25) is 0 Å². The minimum atomic E-state index is -0.310. The number of hydrogen-bond acceptors (Lipinski definition) is 5. The number of fused-ring (bicyclic) bond motifs is 1. The van der Waals surface area contributed by atoms with Crippen molar-refractivity contribution in [3.8, 4) is 0 Å². The Bertz CT molecular complexity index is 1040. The number of nitrogens with zero attached hydrogens (tertiary/aromatic N) is 4. The summed E-state index contributed by atoms with van der Waals surface area (Å²) in [6, 6.07) is 8.78. The van der Waals surface area contributed by atoms with Gasteiger partial charge in [0, 0.05) is 43.6 Å². The second-order valence-electron chi connectivity index (χ2n) is 7.12. The molecule has 1 saturated heterocycles. The van der Waals surface area contributed by atoms with Crippen LogP contribution in [0.25, 0.3) is 11.0 Å². The second-order valence-corrected chi connectivity index (χ2v) is 7.12. The SMILES string of the molecule is CCN1CCN(C(=O)c2ccc(NC(=O)c3nc(C)nc4[nH]ccc34)cc2)CC1. The van der Waals surface area contributed by atoms with E-state index in [0.717, 1.165) is 32.7 Å². The molecule has 0 radical (unpaired) electrons. The predicted molar refractivity (Wildman–Crippen MR) is 111 cm³/mol. The molecular formula is C21H24N6O2. The van der Waals surface area contributed by atoms with Crippen molar-refractivity contribution < 1.29 is 9.59 Å². The summed E-state index contributed by atoms with van der Waals surface area (Å²) in [6.07, 6.45) is 1.73. The van der Waals surface area contributed by atoms with E-state index in [9.17, 15) is 9.59 Å². The van der Waals surface area contributed by atoms with Gasteiger partial charge in [-0.2, -0.15) is 0 Å². The van der Waals surface area contributed by atoms with Crippen LogP contribution in [0.15, 0.2) is 36.5 Å². The molecule has 0 unspecified atom stereocenters. The largest absolute Gasteiger partial charge is 0.346 e. The Morgan fingerprint density at radius 1 is 1.07 bits per heavy atom. The van der Waals surface area contributed by atoms with E-state index in [1.54, 1.807) is 43.5 Å². The number of benzene rings is 1. The molecule has 2 aromatic heterocycles. The van der Waals surface area contributed by atoms with Gasteiger partial charge in [-0.25, -0.2) is 9.97 Å². The zero-order chi connectivity index (χ0) is 20.4. The summed E-state index contributed by atoms with van der Waals surface area (Å²) >= 11 is 0. The quantitative estimate of drug-likeness (QED) is 0.711. The van der Waals surface area contributed by atoms with E-state index in [4.69, 9.17) is 0 Å². The normalized spacial score (nSPS) is 14.9. The lowest BCUT2D eigenvalue weighted by Crippen LogP contribution is -2.48. The van der Waals surface area contributed by atoms with Crippen LogP contribution in [-0.2, 0) is 0 Å². The summed E-state index contributed by atoms with van der Waals surface area (Å²) in [5.41, 5.74) is 2.19. The predicted octanol–water partition coefficient (Wildman–Crippen LogP) is 2.30. The average Bonchev–Trinajstić information content (AvgIpc) is 3.21. The molecule has 8 nitrogen and oxygen atoms in total. The summed E-state index contributed by atoms with van der Waals surface area (Å²) in [5.74, 6) is 0.239. The van der Waals surface area contributed by atoms with Gasteiger partial charge in [0.15, 0.2) is 0 Å². The molecule has 2 amide bonds. The van der Waals surface area contributed by atoms with E-state index >= 15 is 0 Å². The van der Waals surface area contributed by atoms with Gasteiger partial charge in [0.05, 0.1) is 5.39 Å². The molecule has 1 aliphatic rings. The van der Waals surface area contributed by atoms with Crippen molar-refractivity contribution in [1.82, 2.24) is 24.8 Å². The van der Waals surface area contributed by atoms with E-state index in [1.807, 2.05) is 4.90 Å². The molecule has 2 N–H and O–H groups in total. The van der Waals surface area contributed by atoms with Crippen molar-refractivity contribution in [2.24, 2.45) is 0 Å². The lowest BCUT2D eigenvalue weighted by molar-refractivity contribution is 0.0643. The number of hydrogen-bond donors (Lipinski definition) is 2. The van der Waals surface area contributed by atoms with Crippen LogP contribution in [0, 0.1) is 6.92 Å². The van der Waals surface area contributed by atoms with Crippen molar-refractivity contribution in [2.45, 2.75) is 13.8 Å². The van der Waals surface area contributed by atoms with Crippen LogP contribution in [-0.4, -0.2) is 69.3 Å². The molecule has 0 atom stereocenters. The van der Waals surface area contributed by atoms with Crippen LogP contribution in [0.1, 0.15) is 33.6 Å². The third-order valence-corrected chi connectivity index (χ3v) is 5.24. The van der Waals surface area contributed by atoms with Gasteiger partial charge in [-0.15, -0.1) is 0 Å².